The minimum atomic E-state index is -0.381. The van der Waals surface area contributed by atoms with E-state index in [1.807, 2.05) is 42.5 Å². The fourth-order valence-corrected chi connectivity index (χ4v) is 2.48. The van der Waals surface area contributed by atoms with Crippen LogP contribution in [-0.2, 0) is 24.2 Å². The van der Waals surface area contributed by atoms with Gasteiger partial charge in [-0.25, -0.2) is 4.79 Å². The molecule has 1 N–H and O–H groups in total. The maximum absolute atomic E-state index is 11.6. The van der Waals surface area contributed by atoms with Crippen LogP contribution in [-0.4, -0.2) is 19.2 Å². The highest BCUT2D eigenvalue weighted by molar-refractivity contribution is 5.67. The molecule has 1 aliphatic rings. The highest BCUT2D eigenvalue weighted by Gasteiger charge is 2.11. The van der Waals surface area contributed by atoms with E-state index in [2.05, 4.69) is 11.4 Å². The largest absolute Gasteiger partial charge is 0.493 e. The van der Waals surface area contributed by atoms with E-state index in [1.165, 1.54) is 11.1 Å². The number of hydrogen-bond acceptors (Lipinski definition) is 3. The summed E-state index contributed by atoms with van der Waals surface area (Å²) in [6.45, 7) is 1.62. The summed E-state index contributed by atoms with van der Waals surface area (Å²) in [5, 5.41) is 2.78. The number of rotatable bonds is 5. The molecule has 114 valence electrons. The number of ether oxygens (including phenoxy) is 2. The van der Waals surface area contributed by atoms with Crippen LogP contribution < -0.4 is 10.1 Å². The van der Waals surface area contributed by atoms with Crippen LogP contribution in [0.4, 0.5) is 4.79 Å². The maximum Gasteiger partial charge on any atom is 0.407 e. The molecule has 1 aliphatic heterocycles. The normalized spacial score (nSPS) is 12.4. The van der Waals surface area contributed by atoms with Crippen LogP contribution in [0.3, 0.4) is 0 Å². The Bertz CT molecular complexity index is 640. The number of amides is 1. The van der Waals surface area contributed by atoms with Gasteiger partial charge in [-0.1, -0.05) is 42.5 Å². The van der Waals surface area contributed by atoms with Crippen molar-refractivity contribution in [2.24, 2.45) is 0 Å². The third kappa shape index (κ3) is 3.79. The Kier molecular flexibility index (Phi) is 4.59. The van der Waals surface area contributed by atoms with Gasteiger partial charge in [-0.05, 0) is 29.2 Å². The molecule has 0 saturated carbocycles. The smallest absolute Gasteiger partial charge is 0.407 e. The molecule has 0 fully saturated rings. The maximum atomic E-state index is 11.6. The molecule has 4 heteroatoms. The summed E-state index contributed by atoms with van der Waals surface area (Å²) >= 11 is 0. The molecule has 2 aromatic carbocycles. The third-order valence-corrected chi connectivity index (χ3v) is 3.65. The first-order valence-corrected chi connectivity index (χ1v) is 7.50. The van der Waals surface area contributed by atoms with Gasteiger partial charge in [0.1, 0.15) is 12.4 Å². The van der Waals surface area contributed by atoms with E-state index in [0.717, 1.165) is 30.8 Å². The summed E-state index contributed by atoms with van der Waals surface area (Å²) in [4.78, 5) is 11.6. The van der Waals surface area contributed by atoms with Crippen molar-refractivity contribution < 1.29 is 14.3 Å². The van der Waals surface area contributed by atoms with Gasteiger partial charge in [-0.2, -0.15) is 0 Å². The highest BCUT2D eigenvalue weighted by Crippen LogP contribution is 2.25. The SMILES string of the molecule is O=C(NCCc1ccc2c(c1)CCO2)OCc1ccccc1. The predicted molar refractivity (Wildman–Crippen MR) is 84.0 cm³/mol. The van der Waals surface area contributed by atoms with Gasteiger partial charge in [0, 0.05) is 13.0 Å². The van der Waals surface area contributed by atoms with E-state index >= 15 is 0 Å². The Balaban J connectivity index is 1.40. The fourth-order valence-electron chi connectivity index (χ4n) is 2.48. The summed E-state index contributed by atoms with van der Waals surface area (Å²) in [6.07, 6.45) is 1.37. The minimum Gasteiger partial charge on any atom is -0.493 e. The summed E-state index contributed by atoms with van der Waals surface area (Å²) in [6, 6.07) is 15.8. The second-order valence-corrected chi connectivity index (χ2v) is 5.28. The van der Waals surface area contributed by atoms with Crippen molar-refractivity contribution in [3.63, 3.8) is 0 Å². The van der Waals surface area contributed by atoms with Crippen molar-refractivity contribution in [3.8, 4) is 5.75 Å². The van der Waals surface area contributed by atoms with Crippen molar-refractivity contribution in [1.82, 2.24) is 5.32 Å². The quantitative estimate of drug-likeness (QED) is 0.922. The number of carbonyl (C=O) groups is 1. The number of nitrogens with one attached hydrogen (secondary N) is 1. The number of benzene rings is 2. The zero-order valence-corrected chi connectivity index (χ0v) is 12.4. The molecule has 4 nitrogen and oxygen atoms in total. The van der Waals surface area contributed by atoms with Crippen molar-refractivity contribution in [2.45, 2.75) is 19.4 Å². The topological polar surface area (TPSA) is 47.6 Å². The van der Waals surface area contributed by atoms with E-state index in [1.54, 1.807) is 0 Å². The lowest BCUT2D eigenvalue weighted by Gasteiger charge is -2.08. The zero-order chi connectivity index (χ0) is 15.2. The van der Waals surface area contributed by atoms with Crippen LogP contribution in [0.15, 0.2) is 48.5 Å². The molecule has 22 heavy (non-hydrogen) atoms. The highest BCUT2D eigenvalue weighted by atomic mass is 16.5. The average molecular weight is 297 g/mol. The zero-order valence-electron chi connectivity index (χ0n) is 12.4. The molecule has 1 amide bonds. The van der Waals surface area contributed by atoms with Gasteiger partial charge in [0.25, 0.3) is 0 Å². The summed E-state index contributed by atoms with van der Waals surface area (Å²) in [5.41, 5.74) is 3.44. The third-order valence-electron chi connectivity index (χ3n) is 3.65. The van der Waals surface area contributed by atoms with Gasteiger partial charge in [0.05, 0.1) is 6.61 Å². The number of hydrogen-bond donors (Lipinski definition) is 1. The van der Waals surface area contributed by atoms with Crippen LogP contribution in [0.5, 0.6) is 5.75 Å². The number of carbonyl (C=O) groups excluding carboxylic acids is 1. The van der Waals surface area contributed by atoms with Gasteiger partial charge in [-0.15, -0.1) is 0 Å². The lowest BCUT2D eigenvalue weighted by molar-refractivity contribution is 0.140. The molecule has 0 atom stereocenters. The molecular weight excluding hydrogens is 278 g/mol. The molecule has 0 radical (unpaired) electrons. The van der Waals surface area contributed by atoms with Crippen LogP contribution in [0.2, 0.25) is 0 Å². The van der Waals surface area contributed by atoms with Gasteiger partial charge in [-0.3, -0.25) is 0 Å². The average Bonchev–Trinajstić information content (AvgIpc) is 3.02. The monoisotopic (exact) mass is 297 g/mol. The Hall–Kier alpha value is -2.49. The Morgan fingerprint density at radius 1 is 1.14 bits per heavy atom. The minimum absolute atomic E-state index is 0.295. The first-order valence-electron chi connectivity index (χ1n) is 7.50. The Morgan fingerprint density at radius 2 is 2.00 bits per heavy atom. The van der Waals surface area contributed by atoms with E-state index < -0.39 is 0 Å². The lowest BCUT2D eigenvalue weighted by atomic mass is 10.1. The Labute approximate surface area is 130 Å². The molecule has 0 aliphatic carbocycles. The van der Waals surface area contributed by atoms with Crippen molar-refractivity contribution in [3.05, 3.63) is 65.2 Å². The molecule has 3 rings (SSSR count). The van der Waals surface area contributed by atoms with Gasteiger partial charge in [0.2, 0.25) is 0 Å². The first-order chi connectivity index (χ1) is 10.8. The molecule has 2 aromatic rings. The van der Waals surface area contributed by atoms with Gasteiger partial charge < -0.3 is 14.8 Å². The van der Waals surface area contributed by atoms with Crippen LogP contribution in [0, 0.1) is 0 Å². The van der Waals surface area contributed by atoms with E-state index in [9.17, 15) is 4.79 Å². The Morgan fingerprint density at radius 3 is 2.86 bits per heavy atom. The first kappa shape index (κ1) is 14.4. The van der Waals surface area contributed by atoms with Gasteiger partial charge >= 0.3 is 6.09 Å². The van der Waals surface area contributed by atoms with Crippen LogP contribution in [0.1, 0.15) is 16.7 Å². The van der Waals surface area contributed by atoms with Gasteiger partial charge in [0.15, 0.2) is 0 Å². The van der Waals surface area contributed by atoms with Crippen molar-refractivity contribution in [2.75, 3.05) is 13.2 Å². The molecule has 0 unspecified atom stereocenters. The summed E-state index contributed by atoms with van der Waals surface area (Å²) in [5.74, 6) is 0.985. The number of fused-ring (bicyclic) bond motifs is 1. The van der Waals surface area contributed by atoms with Crippen LogP contribution >= 0.6 is 0 Å². The molecule has 0 saturated heterocycles. The van der Waals surface area contributed by atoms with Crippen LogP contribution in [0.25, 0.3) is 0 Å². The summed E-state index contributed by atoms with van der Waals surface area (Å²) < 4.78 is 10.7. The standard InChI is InChI=1S/C18H19NO3/c20-18(22-13-15-4-2-1-3-5-15)19-10-8-14-6-7-17-16(12-14)9-11-21-17/h1-7,12H,8-11,13H2,(H,19,20). The molecule has 0 aromatic heterocycles. The second kappa shape index (κ2) is 6.98. The second-order valence-electron chi connectivity index (χ2n) is 5.28. The van der Waals surface area contributed by atoms with E-state index in [0.29, 0.717) is 13.2 Å². The molecule has 1 heterocycles. The van der Waals surface area contributed by atoms with E-state index in [4.69, 9.17) is 9.47 Å². The number of alkyl carbamates (subject to hydrolysis) is 1. The summed E-state index contributed by atoms with van der Waals surface area (Å²) in [7, 11) is 0. The lowest BCUT2D eigenvalue weighted by Crippen LogP contribution is -2.26. The molecule has 0 spiro atoms. The van der Waals surface area contributed by atoms with E-state index in [-0.39, 0.29) is 6.09 Å². The van der Waals surface area contributed by atoms with Crippen molar-refractivity contribution >= 4 is 6.09 Å². The molecule has 0 bridgehead atoms. The fraction of sp³-hybridized carbons (Fsp3) is 0.278. The predicted octanol–water partition coefficient (Wildman–Crippen LogP) is 3.09. The molecular formula is C18H19NO3. The van der Waals surface area contributed by atoms with Crippen molar-refractivity contribution in [1.29, 1.82) is 0 Å².